The van der Waals surface area contributed by atoms with Crippen LogP contribution in [-0.2, 0) is 9.92 Å². The Morgan fingerprint density at radius 2 is 1.71 bits per heavy atom. The minimum Gasteiger partial charge on any atom is -0.233 e. The van der Waals surface area contributed by atoms with Gasteiger partial charge >= 0.3 is 0 Å². The molecule has 0 N–H and O–H groups in total. The molecule has 17 heavy (non-hydrogen) atoms. The van der Waals surface area contributed by atoms with E-state index in [0.717, 1.165) is 31.8 Å². The third kappa shape index (κ3) is 3.44. The highest BCUT2D eigenvalue weighted by molar-refractivity contribution is 7.92. The van der Waals surface area contributed by atoms with Crippen molar-refractivity contribution in [2.75, 3.05) is 13.1 Å². The van der Waals surface area contributed by atoms with Crippen LogP contribution < -0.4 is 0 Å². The molecule has 1 unspecified atom stereocenters. The number of hydrogen-bond donors (Lipinski definition) is 0. The maximum atomic E-state index is 13.2. The highest BCUT2D eigenvalue weighted by Crippen LogP contribution is 2.28. The van der Waals surface area contributed by atoms with Crippen LogP contribution in [0.4, 0.5) is 0 Å². The van der Waals surface area contributed by atoms with Crippen molar-refractivity contribution in [3.63, 3.8) is 0 Å². The largest absolute Gasteiger partial charge is 0.233 e. The summed E-state index contributed by atoms with van der Waals surface area (Å²) in [6, 6.07) is 0.126. The molecule has 0 bridgehead atoms. The van der Waals surface area contributed by atoms with E-state index in [2.05, 4.69) is 15.6 Å². The molecule has 0 aromatic carbocycles. The SMILES string of the molecule is CC1CCN(S(=O)(=NC(C)C)C(C)(C)C)CC1. The van der Waals surface area contributed by atoms with Gasteiger partial charge in [-0.3, -0.25) is 0 Å². The minimum atomic E-state index is -2.27. The van der Waals surface area contributed by atoms with Crippen LogP contribution in [-0.4, -0.2) is 32.4 Å². The van der Waals surface area contributed by atoms with Gasteiger partial charge in [-0.2, -0.15) is 0 Å². The van der Waals surface area contributed by atoms with Crippen molar-refractivity contribution >= 4 is 9.92 Å². The molecule has 1 aliphatic heterocycles. The van der Waals surface area contributed by atoms with Crippen LogP contribution in [0, 0.1) is 5.92 Å². The van der Waals surface area contributed by atoms with E-state index in [1.54, 1.807) is 0 Å². The van der Waals surface area contributed by atoms with Crippen molar-refractivity contribution in [1.82, 2.24) is 4.31 Å². The molecule has 0 aliphatic carbocycles. The van der Waals surface area contributed by atoms with Gasteiger partial charge in [-0.05, 0) is 53.4 Å². The second-order valence-corrected chi connectivity index (χ2v) is 9.36. The lowest BCUT2D eigenvalue weighted by molar-refractivity contribution is 0.291. The summed E-state index contributed by atoms with van der Waals surface area (Å²) in [7, 11) is -2.27. The zero-order valence-corrected chi connectivity index (χ0v) is 13.0. The topological polar surface area (TPSA) is 32.7 Å². The fourth-order valence-corrected chi connectivity index (χ4v) is 4.63. The molecule has 1 fully saturated rings. The summed E-state index contributed by atoms with van der Waals surface area (Å²) >= 11 is 0. The lowest BCUT2D eigenvalue weighted by atomic mass is 10.0. The van der Waals surface area contributed by atoms with E-state index >= 15 is 0 Å². The molecule has 3 nitrogen and oxygen atoms in total. The van der Waals surface area contributed by atoms with Crippen molar-refractivity contribution in [3.8, 4) is 0 Å². The first-order chi connectivity index (χ1) is 7.67. The van der Waals surface area contributed by atoms with Gasteiger partial charge in [0.15, 0.2) is 0 Å². The van der Waals surface area contributed by atoms with Crippen LogP contribution in [0.5, 0.6) is 0 Å². The Labute approximate surface area is 107 Å². The molecule has 0 aromatic heterocycles. The summed E-state index contributed by atoms with van der Waals surface area (Å²) in [4.78, 5) is 0. The van der Waals surface area contributed by atoms with Crippen LogP contribution >= 0.6 is 0 Å². The average Bonchev–Trinajstić information content (AvgIpc) is 2.15. The standard InChI is InChI=1S/C13H28N2OS/c1-11(2)14-17(16,13(4,5)6)15-9-7-12(3)8-10-15/h11-12H,7-10H2,1-6H3. The normalized spacial score (nSPS) is 23.7. The Bertz CT molecular complexity index is 354. The van der Waals surface area contributed by atoms with E-state index in [9.17, 15) is 4.21 Å². The van der Waals surface area contributed by atoms with Gasteiger partial charge in [-0.1, -0.05) is 6.92 Å². The Hall–Kier alpha value is -0.0900. The number of rotatable bonds is 2. The molecule has 0 amide bonds. The van der Waals surface area contributed by atoms with Gasteiger partial charge in [-0.15, -0.1) is 0 Å². The van der Waals surface area contributed by atoms with Crippen molar-refractivity contribution in [3.05, 3.63) is 0 Å². The number of piperidine rings is 1. The Morgan fingerprint density at radius 1 is 1.24 bits per heavy atom. The zero-order chi connectivity index (χ0) is 13.3. The highest BCUT2D eigenvalue weighted by Gasteiger charge is 2.35. The third-order valence-corrected chi connectivity index (χ3v) is 6.61. The van der Waals surface area contributed by atoms with E-state index < -0.39 is 9.92 Å². The fourth-order valence-electron chi connectivity index (χ4n) is 2.13. The van der Waals surface area contributed by atoms with Crippen molar-refractivity contribution < 1.29 is 4.21 Å². The Balaban J connectivity index is 3.05. The molecule has 1 saturated heterocycles. The molecular formula is C13H28N2OS. The third-order valence-electron chi connectivity index (χ3n) is 3.24. The quantitative estimate of drug-likeness (QED) is 0.749. The lowest BCUT2D eigenvalue weighted by Crippen LogP contribution is -2.46. The molecule has 1 atom stereocenters. The van der Waals surface area contributed by atoms with Gasteiger partial charge in [0.1, 0.15) is 9.92 Å². The van der Waals surface area contributed by atoms with Crippen LogP contribution in [0.3, 0.4) is 0 Å². The minimum absolute atomic E-state index is 0.126. The monoisotopic (exact) mass is 260 g/mol. The summed E-state index contributed by atoms with van der Waals surface area (Å²) in [5.41, 5.74) is 0. The summed E-state index contributed by atoms with van der Waals surface area (Å²) in [6.07, 6.45) is 2.28. The predicted molar refractivity (Wildman–Crippen MR) is 75.4 cm³/mol. The first-order valence-electron chi connectivity index (χ1n) is 6.68. The second kappa shape index (κ2) is 5.27. The number of nitrogens with zero attached hydrogens (tertiary/aromatic N) is 2. The summed E-state index contributed by atoms with van der Waals surface area (Å²) in [5.74, 6) is 0.758. The smallest absolute Gasteiger partial charge is 0.115 e. The van der Waals surface area contributed by atoms with Crippen LogP contribution in [0.15, 0.2) is 4.36 Å². The van der Waals surface area contributed by atoms with E-state index in [1.807, 2.05) is 34.6 Å². The van der Waals surface area contributed by atoms with E-state index in [4.69, 9.17) is 0 Å². The fraction of sp³-hybridized carbons (Fsp3) is 1.00. The van der Waals surface area contributed by atoms with Crippen LogP contribution in [0.2, 0.25) is 0 Å². The average molecular weight is 260 g/mol. The molecule has 102 valence electrons. The molecule has 0 saturated carbocycles. The molecule has 1 rings (SSSR count). The van der Waals surface area contributed by atoms with Gasteiger partial charge in [0.05, 0.1) is 10.8 Å². The van der Waals surface area contributed by atoms with Gasteiger partial charge in [0, 0.05) is 13.1 Å². The summed E-state index contributed by atoms with van der Waals surface area (Å²) < 4.78 is 19.7. The second-order valence-electron chi connectivity index (χ2n) is 6.42. The van der Waals surface area contributed by atoms with E-state index in [-0.39, 0.29) is 10.8 Å². The molecule has 1 heterocycles. The maximum absolute atomic E-state index is 13.2. The van der Waals surface area contributed by atoms with Crippen molar-refractivity contribution in [2.45, 2.75) is 65.2 Å². The molecular weight excluding hydrogens is 232 g/mol. The Kier molecular flexibility index (Phi) is 4.64. The Morgan fingerprint density at radius 3 is 2.06 bits per heavy atom. The molecule has 0 aromatic rings. The van der Waals surface area contributed by atoms with Gasteiger partial charge in [-0.25, -0.2) is 12.9 Å². The van der Waals surface area contributed by atoms with Crippen LogP contribution in [0.1, 0.15) is 54.4 Å². The molecule has 1 aliphatic rings. The van der Waals surface area contributed by atoms with E-state index in [1.165, 1.54) is 0 Å². The first-order valence-corrected chi connectivity index (χ1v) is 8.15. The van der Waals surface area contributed by atoms with Crippen molar-refractivity contribution in [1.29, 1.82) is 0 Å². The summed E-state index contributed by atoms with van der Waals surface area (Å²) in [6.45, 7) is 14.3. The predicted octanol–water partition coefficient (Wildman–Crippen LogP) is 3.31. The zero-order valence-electron chi connectivity index (χ0n) is 12.2. The number of hydrogen-bond acceptors (Lipinski definition) is 2. The van der Waals surface area contributed by atoms with Crippen molar-refractivity contribution in [2.24, 2.45) is 10.3 Å². The summed E-state index contributed by atoms with van der Waals surface area (Å²) in [5, 5.41) is 0. The molecule has 0 radical (unpaired) electrons. The highest BCUT2D eigenvalue weighted by atomic mass is 32.2. The van der Waals surface area contributed by atoms with Gasteiger partial charge in [0.25, 0.3) is 0 Å². The molecule has 0 spiro atoms. The molecule has 4 heteroatoms. The lowest BCUT2D eigenvalue weighted by Gasteiger charge is -2.38. The first kappa shape index (κ1) is 15.0. The van der Waals surface area contributed by atoms with Crippen LogP contribution in [0.25, 0.3) is 0 Å². The van der Waals surface area contributed by atoms with Gasteiger partial charge in [0.2, 0.25) is 0 Å². The maximum Gasteiger partial charge on any atom is 0.115 e. The van der Waals surface area contributed by atoms with Gasteiger partial charge < -0.3 is 0 Å². The van der Waals surface area contributed by atoms with E-state index in [0.29, 0.717) is 0 Å².